The number of carbonyl (C=O) groups is 2. The van der Waals surface area contributed by atoms with Gasteiger partial charge in [0, 0.05) is 33.4 Å². The normalized spacial score (nSPS) is 19.6. The van der Waals surface area contributed by atoms with E-state index in [4.69, 9.17) is 0 Å². The molecule has 20 heavy (non-hydrogen) atoms. The van der Waals surface area contributed by atoms with E-state index >= 15 is 0 Å². The minimum atomic E-state index is -0.309. The topological polar surface area (TPSA) is 45.6 Å². The molecule has 2 heterocycles. The Hall–Kier alpha value is -1.78. The van der Waals surface area contributed by atoms with Gasteiger partial charge in [-0.3, -0.25) is 9.59 Å². The van der Waals surface area contributed by atoms with Crippen molar-refractivity contribution in [2.75, 3.05) is 20.1 Å². The lowest BCUT2D eigenvalue weighted by Crippen LogP contribution is -2.57. The van der Waals surface area contributed by atoms with Gasteiger partial charge in [0.25, 0.3) is 5.91 Å². The van der Waals surface area contributed by atoms with E-state index in [-0.39, 0.29) is 17.9 Å². The van der Waals surface area contributed by atoms with Gasteiger partial charge < -0.3 is 14.4 Å². The van der Waals surface area contributed by atoms with Gasteiger partial charge in [-0.1, -0.05) is 19.8 Å². The zero-order valence-electron chi connectivity index (χ0n) is 12.5. The molecule has 0 radical (unpaired) electrons. The van der Waals surface area contributed by atoms with Crippen molar-refractivity contribution in [3.8, 4) is 0 Å². The van der Waals surface area contributed by atoms with Crippen molar-refractivity contribution in [2.45, 2.75) is 32.2 Å². The van der Waals surface area contributed by atoms with Gasteiger partial charge in [0.1, 0.15) is 11.7 Å². The fraction of sp³-hybridized carbons (Fsp3) is 0.600. The smallest absolute Gasteiger partial charge is 0.271 e. The first-order chi connectivity index (χ1) is 9.56. The Labute approximate surface area is 120 Å². The number of rotatable bonds is 4. The third-order valence-corrected chi connectivity index (χ3v) is 3.97. The van der Waals surface area contributed by atoms with Crippen molar-refractivity contribution in [3.05, 3.63) is 24.0 Å². The van der Waals surface area contributed by atoms with Crippen molar-refractivity contribution in [3.63, 3.8) is 0 Å². The SMILES string of the molecule is CCCCC1C(=O)N(C)CCN1C(=O)c1cccn1C. The van der Waals surface area contributed by atoms with Crippen LogP contribution in [0.5, 0.6) is 0 Å². The van der Waals surface area contributed by atoms with Crippen LogP contribution in [0.3, 0.4) is 0 Å². The summed E-state index contributed by atoms with van der Waals surface area (Å²) in [6, 6.07) is 3.35. The third-order valence-electron chi connectivity index (χ3n) is 3.97. The van der Waals surface area contributed by atoms with Gasteiger partial charge in [-0.2, -0.15) is 0 Å². The molecule has 1 atom stereocenters. The number of nitrogens with zero attached hydrogens (tertiary/aromatic N) is 3. The van der Waals surface area contributed by atoms with Gasteiger partial charge >= 0.3 is 0 Å². The molecule has 0 N–H and O–H groups in total. The molecule has 0 aromatic carbocycles. The predicted molar refractivity (Wildman–Crippen MR) is 77.4 cm³/mol. The standard InChI is InChI=1S/C15H23N3O2/c1-4-5-7-13-14(19)17(3)10-11-18(13)15(20)12-8-6-9-16(12)2/h6,8-9,13H,4-5,7,10-11H2,1-3H3. The maximum atomic E-state index is 12.6. The molecule has 110 valence electrons. The van der Waals surface area contributed by atoms with Crippen LogP contribution < -0.4 is 0 Å². The van der Waals surface area contributed by atoms with Crippen molar-refractivity contribution in [1.29, 1.82) is 0 Å². The lowest BCUT2D eigenvalue weighted by Gasteiger charge is -2.39. The van der Waals surface area contributed by atoms with Crippen LogP contribution in [0.4, 0.5) is 0 Å². The summed E-state index contributed by atoms with van der Waals surface area (Å²) in [6.45, 7) is 3.32. The molecule has 1 aliphatic heterocycles. The summed E-state index contributed by atoms with van der Waals surface area (Å²) < 4.78 is 1.81. The van der Waals surface area contributed by atoms with Gasteiger partial charge in [0.15, 0.2) is 0 Å². The van der Waals surface area contributed by atoms with E-state index in [0.717, 1.165) is 19.3 Å². The zero-order chi connectivity index (χ0) is 14.7. The average molecular weight is 277 g/mol. The predicted octanol–water partition coefficient (Wildman–Crippen LogP) is 1.50. The summed E-state index contributed by atoms with van der Waals surface area (Å²) in [7, 11) is 3.66. The van der Waals surface area contributed by atoms with Gasteiger partial charge in [-0.25, -0.2) is 0 Å². The van der Waals surface area contributed by atoms with Crippen molar-refractivity contribution >= 4 is 11.8 Å². The van der Waals surface area contributed by atoms with Crippen molar-refractivity contribution in [1.82, 2.24) is 14.4 Å². The number of unbranched alkanes of at least 4 members (excludes halogenated alkanes) is 1. The van der Waals surface area contributed by atoms with Crippen LogP contribution in [-0.4, -0.2) is 52.4 Å². The van der Waals surface area contributed by atoms with E-state index in [1.807, 2.05) is 37.0 Å². The van der Waals surface area contributed by atoms with Crippen LogP contribution in [0.2, 0.25) is 0 Å². The van der Waals surface area contributed by atoms with E-state index in [9.17, 15) is 9.59 Å². The number of hydrogen-bond acceptors (Lipinski definition) is 2. The molecule has 0 bridgehead atoms. The summed E-state index contributed by atoms with van der Waals surface area (Å²) in [5.74, 6) is 0.0207. The maximum Gasteiger partial charge on any atom is 0.271 e. The van der Waals surface area contributed by atoms with Crippen molar-refractivity contribution < 1.29 is 9.59 Å². The van der Waals surface area contributed by atoms with Crippen LogP contribution in [0.15, 0.2) is 18.3 Å². The second-order valence-corrected chi connectivity index (χ2v) is 5.42. The van der Waals surface area contributed by atoms with Crippen LogP contribution in [0.25, 0.3) is 0 Å². The van der Waals surface area contributed by atoms with Gasteiger partial charge in [-0.05, 0) is 18.6 Å². The number of aromatic nitrogens is 1. The molecule has 2 amide bonds. The van der Waals surface area contributed by atoms with Gasteiger partial charge in [-0.15, -0.1) is 0 Å². The quantitative estimate of drug-likeness (QED) is 0.837. The Kier molecular flexibility index (Phi) is 4.47. The number of hydrogen-bond donors (Lipinski definition) is 0. The Morgan fingerprint density at radius 3 is 2.70 bits per heavy atom. The molecule has 1 unspecified atom stereocenters. The average Bonchev–Trinajstić information content (AvgIpc) is 2.86. The third kappa shape index (κ3) is 2.71. The molecule has 0 spiro atoms. The minimum absolute atomic E-state index is 0.0416. The molecule has 1 saturated heterocycles. The molecule has 1 fully saturated rings. The lowest BCUT2D eigenvalue weighted by atomic mass is 10.0. The Bertz CT molecular complexity index is 495. The monoisotopic (exact) mass is 277 g/mol. The number of amides is 2. The second-order valence-electron chi connectivity index (χ2n) is 5.42. The first-order valence-electron chi connectivity index (χ1n) is 7.23. The van der Waals surface area contributed by atoms with E-state index in [1.165, 1.54) is 0 Å². The summed E-state index contributed by atoms with van der Waals surface area (Å²) in [5.41, 5.74) is 0.642. The highest BCUT2D eigenvalue weighted by Gasteiger charge is 2.36. The van der Waals surface area contributed by atoms with Crippen LogP contribution >= 0.6 is 0 Å². The largest absolute Gasteiger partial charge is 0.347 e. The lowest BCUT2D eigenvalue weighted by molar-refractivity contribution is -0.138. The molecule has 5 nitrogen and oxygen atoms in total. The first kappa shape index (κ1) is 14.6. The minimum Gasteiger partial charge on any atom is -0.347 e. The highest BCUT2D eigenvalue weighted by molar-refractivity contribution is 5.97. The molecule has 2 rings (SSSR count). The Morgan fingerprint density at radius 1 is 1.35 bits per heavy atom. The number of carbonyl (C=O) groups excluding carboxylic acids is 2. The van der Waals surface area contributed by atoms with E-state index in [2.05, 4.69) is 6.92 Å². The molecular weight excluding hydrogens is 254 g/mol. The van der Waals surface area contributed by atoms with Crippen molar-refractivity contribution in [2.24, 2.45) is 7.05 Å². The Morgan fingerprint density at radius 2 is 2.10 bits per heavy atom. The Balaban J connectivity index is 2.21. The highest BCUT2D eigenvalue weighted by Crippen LogP contribution is 2.19. The summed E-state index contributed by atoms with van der Waals surface area (Å²) in [5, 5.41) is 0. The highest BCUT2D eigenvalue weighted by atomic mass is 16.2. The van der Waals surface area contributed by atoms with Crippen LogP contribution in [0.1, 0.15) is 36.7 Å². The zero-order valence-corrected chi connectivity index (χ0v) is 12.5. The molecule has 0 saturated carbocycles. The summed E-state index contributed by atoms with van der Waals surface area (Å²) in [6.07, 6.45) is 4.59. The summed E-state index contributed by atoms with van der Waals surface area (Å²) >= 11 is 0. The maximum absolute atomic E-state index is 12.6. The van der Waals surface area contributed by atoms with E-state index in [1.54, 1.807) is 9.80 Å². The fourth-order valence-electron chi connectivity index (χ4n) is 2.66. The van der Waals surface area contributed by atoms with E-state index in [0.29, 0.717) is 18.8 Å². The number of likely N-dealkylation sites (N-methyl/N-ethyl adjacent to an activating group) is 1. The van der Waals surface area contributed by atoms with Crippen LogP contribution in [0, 0.1) is 0 Å². The molecule has 5 heteroatoms. The van der Waals surface area contributed by atoms with E-state index < -0.39 is 0 Å². The molecule has 1 aromatic rings. The molecule has 0 aliphatic carbocycles. The van der Waals surface area contributed by atoms with Gasteiger partial charge in [0.05, 0.1) is 0 Å². The molecule has 1 aromatic heterocycles. The molecule has 1 aliphatic rings. The first-order valence-corrected chi connectivity index (χ1v) is 7.23. The van der Waals surface area contributed by atoms with Crippen LogP contribution in [-0.2, 0) is 11.8 Å². The summed E-state index contributed by atoms with van der Waals surface area (Å²) in [4.78, 5) is 28.4. The number of aryl methyl sites for hydroxylation is 1. The second kappa shape index (κ2) is 6.11. The van der Waals surface area contributed by atoms with Gasteiger partial charge in [0.2, 0.25) is 5.91 Å². The fourth-order valence-corrected chi connectivity index (χ4v) is 2.66. The number of piperazine rings is 1. The molecular formula is C15H23N3O2.